The van der Waals surface area contributed by atoms with E-state index in [4.69, 9.17) is 15.2 Å². The zero-order valence-electron chi connectivity index (χ0n) is 10.1. The van der Waals surface area contributed by atoms with E-state index in [1.54, 1.807) is 14.2 Å². The molecule has 1 rings (SSSR count). The van der Waals surface area contributed by atoms with Crippen molar-refractivity contribution in [3.05, 3.63) is 22.2 Å². The van der Waals surface area contributed by atoms with Gasteiger partial charge in [0.2, 0.25) is 0 Å². The van der Waals surface area contributed by atoms with Crippen molar-refractivity contribution in [3.8, 4) is 11.5 Å². The molecule has 4 heteroatoms. The Morgan fingerprint density at radius 3 is 2.19 bits per heavy atom. The van der Waals surface area contributed by atoms with Crippen molar-refractivity contribution in [1.82, 2.24) is 0 Å². The molecular weight excluding hydrogens is 270 g/mol. The average Bonchev–Trinajstić information content (AvgIpc) is 2.18. The molecule has 0 radical (unpaired) electrons. The first-order valence-electron chi connectivity index (χ1n) is 5.07. The summed E-state index contributed by atoms with van der Waals surface area (Å²) in [6, 6.07) is 3.95. The van der Waals surface area contributed by atoms with E-state index in [9.17, 15) is 0 Å². The molecule has 0 bridgehead atoms. The second kappa shape index (κ2) is 5.06. The minimum atomic E-state index is -0.272. The van der Waals surface area contributed by atoms with E-state index in [0.29, 0.717) is 5.75 Å². The third kappa shape index (κ3) is 3.12. The molecule has 0 aliphatic heterocycles. The van der Waals surface area contributed by atoms with Crippen LogP contribution in [-0.2, 0) is 6.42 Å². The van der Waals surface area contributed by atoms with Crippen LogP contribution < -0.4 is 15.2 Å². The van der Waals surface area contributed by atoms with Gasteiger partial charge in [0.25, 0.3) is 0 Å². The lowest BCUT2D eigenvalue weighted by atomic mass is 9.95. The third-order valence-electron chi connectivity index (χ3n) is 2.20. The van der Waals surface area contributed by atoms with Gasteiger partial charge in [-0.05, 0) is 47.8 Å². The lowest BCUT2D eigenvalue weighted by molar-refractivity contribution is 0.347. The van der Waals surface area contributed by atoms with E-state index < -0.39 is 0 Å². The summed E-state index contributed by atoms with van der Waals surface area (Å²) in [5.41, 5.74) is 6.79. The monoisotopic (exact) mass is 287 g/mol. The Kier molecular flexibility index (Phi) is 4.21. The van der Waals surface area contributed by atoms with Gasteiger partial charge in [-0.1, -0.05) is 6.07 Å². The Bertz CT molecular complexity index is 372. The van der Waals surface area contributed by atoms with Crippen LogP contribution in [0.3, 0.4) is 0 Å². The summed E-state index contributed by atoms with van der Waals surface area (Å²) in [5.74, 6) is 1.46. The van der Waals surface area contributed by atoms with Gasteiger partial charge in [0.05, 0.1) is 18.7 Å². The van der Waals surface area contributed by atoms with Crippen LogP contribution in [0, 0.1) is 0 Å². The van der Waals surface area contributed by atoms with Gasteiger partial charge in [-0.3, -0.25) is 0 Å². The van der Waals surface area contributed by atoms with Crippen LogP contribution >= 0.6 is 15.9 Å². The van der Waals surface area contributed by atoms with Crippen LogP contribution in [0.4, 0.5) is 0 Å². The fourth-order valence-corrected chi connectivity index (χ4v) is 2.10. The number of benzene rings is 1. The molecule has 16 heavy (non-hydrogen) atoms. The summed E-state index contributed by atoms with van der Waals surface area (Å²) in [4.78, 5) is 0. The maximum absolute atomic E-state index is 6.01. The van der Waals surface area contributed by atoms with Crippen molar-refractivity contribution in [2.75, 3.05) is 14.2 Å². The topological polar surface area (TPSA) is 44.5 Å². The van der Waals surface area contributed by atoms with Crippen LogP contribution in [0.15, 0.2) is 16.6 Å². The van der Waals surface area contributed by atoms with Gasteiger partial charge in [-0.15, -0.1) is 0 Å². The molecule has 0 aliphatic carbocycles. The van der Waals surface area contributed by atoms with Crippen LogP contribution in [0.2, 0.25) is 0 Å². The van der Waals surface area contributed by atoms with E-state index >= 15 is 0 Å². The second-order valence-corrected chi connectivity index (χ2v) is 5.29. The number of halogens is 1. The van der Waals surface area contributed by atoms with Gasteiger partial charge in [0, 0.05) is 5.54 Å². The van der Waals surface area contributed by atoms with Crippen molar-refractivity contribution in [1.29, 1.82) is 0 Å². The van der Waals surface area contributed by atoms with Gasteiger partial charge in [-0.2, -0.15) is 0 Å². The molecule has 3 nitrogen and oxygen atoms in total. The van der Waals surface area contributed by atoms with Crippen LogP contribution in [0.5, 0.6) is 11.5 Å². The highest BCUT2D eigenvalue weighted by atomic mass is 79.9. The average molecular weight is 288 g/mol. The quantitative estimate of drug-likeness (QED) is 0.926. The van der Waals surface area contributed by atoms with Crippen molar-refractivity contribution in [2.24, 2.45) is 5.73 Å². The molecule has 0 unspecified atom stereocenters. The largest absolute Gasteiger partial charge is 0.493 e. The van der Waals surface area contributed by atoms with Gasteiger partial charge >= 0.3 is 0 Å². The standard InChI is InChI=1S/C12H18BrNO2/c1-12(2,14)7-8-5-6-9(13)11(16-4)10(8)15-3/h5-6H,7,14H2,1-4H3. The Morgan fingerprint density at radius 1 is 1.19 bits per heavy atom. The number of nitrogens with two attached hydrogens (primary N) is 1. The molecule has 0 aromatic heterocycles. The lowest BCUT2D eigenvalue weighted by Crippen LogP contribution is -2.34. The minimum absolute atomic E-state index is 0.272. The van der Waals surface area contributed by atoms with Gasteiger partial charge in [0.1, 0.15) is 0 Å². The molecular formula is C12H18BrNO2. The van der Waals surface area contributed by atoms with E-state index in [-0.39, 0.29) is 5.54 Å². The highest BCUT2D eigenvalue weighted by Gasteiger charge is 2.19. The molecule has 0 saturated carbocycles. The maximum Gasteiger partial charge on any atom is 0.175 e. The Hall–Kier alpha value is -0.740. The lowest BCUT2D eigenvalue weighted by Gasteiger charge is -2.21. The van der Waals surface area contributed by atoms with Crippen molar-refractivity contribution >= 4 is 15.9 Å². The first-order chi connectivity index (χ1) is 7.39. The number of hydrogen-bond donors (Lipinski definition) is 1. The molecule has 1 aromatic carbocycles. The van der Waals surface area contributed by atoms with E-state index in [1.165, 1.54) is 0 Å². The number of methoxy groups -OCH3 is 2. The molecule has 2 N–H and O–H groups in total. The molecule has 0 spiro atoms. The molecule has 90 valence electrons. The van der Waals surface area contributed by atoms with Crippen molar-refractivity contribution < 1.29 is 9.47 Å². The summed E-state index contributed by atoms with van der Waals surface area (Å²) in [6.07, 6.45) is 0.736. The SMILES string of the molecule is COc1c(Br)ccc(CC(C)(C)N)c1OC. The molecule has 0 aliphatic rings. The highest BCUT2D eigenvalue weighted by molar-refractivity contribution is 9.10. The fraction of sp³-hybridized carbons (Fsp3) is 0.500. The Morgan fingerprint density at radius 2 is 1.75 bits per heavy atom. The third-order valence-corrected chi connectivity index (χ3v) is 2.82. The zero-order chi connectivity index (χ0) is 12.3. The summed E-state index contributed by atoms with van der Waals surface area (Å²) >= 11 is 3.43. The number of rotatable bonds is 4. The van der Waals surface area contributed by atoms with Crippen LogP contribution in [0.1, 0.15) is 19.4 Å². The summed E-state index contributed by atoms with van der Waals surface area (Å²) in [7, 11) is 3.26. The maximum atomic E-state index is 6.01. The molecule has 0 saturated heterocycles. The predicted octanol–water partition coefficient (Wildman–Crippen LogP) is 2.75. The number of ether oxygens (including phenoxy) is 2. The van der Waals surface area contributed by atoms with Gasteiger partial charge in [0.15, 0.2) is 11.5 Å². The molecule has 0 heterocycles. The molecule has 1 aromatic rings. The Balaban J connectivity index is 3.19. The summed E-state index contributed by atoms with van der Waals surface area (Å²) in [5, 5.41) is 0. The molecule has 0 amide bonds. The molecule has 0 fully saturated rings. The van der Waals surface area contributed by atoms with Crippen LogP contribution in [0.25, 0.3) is 0 Å². The number of hydrogen-bond acceptors (Lipinski definition) is 3. The van der Waals surface area contributed by atoms with Gasteiger partial charge < -0.3 is 15.2 Å². The van der Waals surface area contributed by atoms with Crippen molar-refractivity contribution in [2.45, 2.75) is 25.8 Å². The summed E-state index contributed by atoms with van der Waals surface area (Å²) in [6.45, 7) is 3.97. The Labute approximate surface area is 105 Å². The van der Waals surface area contributed by atoms with Crippen molar-refractivity contribution in [3.63, 3.8) is 0 Å². The first kappa shape index (κ1) is 13.3. The summed E-state index contributed by atoms with van der Waals surface area (Å²) < 4.78 is 11.6. The van der Waals surface area contributed by atoms with Crippen LogP contribution in [-0.4, -0.2) is 19.8 Å². The van der Waals surface area contributed by atoms with E-state index in [0.717, 1.165) is 22.2 Å². The smallest absolute Gasteiger partial charge is 0.175 e. The minimum Gasteiger partial charge on any atom is -0.493 e. The van der Waals surface area contributed by atoms with E-state index in [2.05, 4.69) is 15.9 Å². The first-order valence-corrected chi connectivity index (χ1v) is 5.86. The predicted molar refractivity (Wildman–Crippen MR) is 69.2 cm³/mol. The zero-order valence-corrected chi connectivity index (χ0v) is 11.7. The highest BCUT2D eigenvalue weighted by Crippen LogP contribution is 2.38. The molecule has 0 atom stereocenters. The van der Waals surface area contributed by atoms with E-state index in [1.807, 2.05) is 26.0 Å². The van der Waals surface area contributed by atoms with Gasteiger partial charge in [-0.25, -0.2) is 0 Å². The second-order valence-electron chi connectivity index (χ2n) is 4.44. The fourth-order valence-electron chi connectivity index (χ4n) is 1.62. The normalized spacial score (nSPS) is 11.4.